The molecule has 2 heterocycles. The number of hydrogen-bond acceptors (Lipinski definition) is 5. The molecule has 3 aromatic rings. The molecule has 5 rings (SSSR count). The van der Waals surface area contributed by atoms with Crippen LogP contribution in [0.3, 0.4) is 0 Å². The van der Waals surface area contributed by atoms with E-state index in [1.54, 1.807) is 12.2 Å². The van der Waals surface area contributed by atoms with Gasteiger partial charge in [0.25, 0.3) is 11.8 Å². The molecule has 4 amide bonds. The van der Waals surface area contributed by atoms with Crippen molar-refractivity contribution in [3.63, 3.8) is 0 Å². The number of benzene rings is 3. The van der Waals surface area contributed by atoms with Gasteiger partial charge in [-0.1, -0.05) is 60.7 Å². The standard InChI is InChI=1S/C27H20N4O3/c32-25-21(26(33)29-27(34)28-25)15-7-10-18-24-30(19-11-3-1-4-12-19)22-16-8-9-17-23(22)31(24)20-13-5-2-6-14-20/h1-18H,(H2,28,29,32,33,34)/b10-7+. The first kappa shape index (κ1) is 21.0. The van der Waals surface area contributed by atoms with Gasteiger partial charge < -0.3 is 0 Å². The zero-order chi connectivity index (χ0) is 23.5. The molecule has 2 aliphatic heterocycles. The molecule has 0 radical (unpaired) electrons. The summed E-state index contributed by atoms with van der Waals surface area (Å²) in [6.07, 6.45) is 6.67. The maximum Gasteiger partial charge on any atom is 0.328 e. The number of para-hydroxylation sites is 4. The molecule has 166 valence electrons. The number of amides is 4. The first-order chi connectivity index (χ1) is 16.6. The summed E-state index contributed by atoms with van der Waals surface area (Å²) in [4.78, 5) is 39.5. The van der Waals surface area contributed by atoms with Gasteiger partial charge in [-0.05, 0) is 48.6 Å². The Morgan fingerprint density at radius 3 is 1.50 bits per heavy atom. The quantitative estimate of drug-likeness (QED) is 0.448. The van der Waals surface area contributed by atoms with Crippen molar-refractivity contribution in [3.8, 4) is 0 Å². The molecule has 2 aliphatic rings. The summed E-state index contributed by atoms with van der Waals surface area (Å²) in [7, 11) is 0. The van der Waals surface area contributed by atoms with Crippen LogP contribution < -0.4 is 20.4 Å². The Hall–Kier alpha value is -4.91. The Morgan fingerprint density at radius 2 is 1.00 bits per heavy atom. The van der Waals surface area contributed by atoms with Gasteiger partial charge in [-0.15, -0.1) is 0 Å². The number of urea groups is 1. The van der Waals surface area contributed by atoms with Gasteiger partial charge >= 0.3 is 6.03 Å². The normalized spacial score (nSPS) is 15.4. The lowest BCUT2D eigenvalue weighted by atomic mass is 10.2. The lowest BCUT2D eigenvalue weighted by molar-refractivity contribution is -0.124. The van der Waals surface area contributed by atoms with Crippen LogP contribution in [-0.2, 0) is 9.59 Å². The molecule has 1 saturated heterocycles. The van der Waals surface area contributed by atoms with Crippen molar-refractivity contribution < 1.29 is 14.4 Å². The van der Waals surface area contributed by atoms with Crippen molar-refractivity contribution in [1.82, 2.24) is 10.6 Å². The minimum Gasteiger partial charge on any atom is -0.294 e. The summed E-state index contributed by atoms with van der Waals surface area (Å²) >= 11 is 0. The molecular weight excluding hydrogens is 428 g/mol. The van der Waals surface area contributed by atoms with Gasteiger partial charge in [0, 0.05) is 11.4 Å². The molecule has 0 aromatic heterocycles. The van der Waals surface area contributed by atoms with Crippen LogP contribution in [0.4, 0.5) is 27.5 Å². The number of nitrogens with zero attached hydrogens (tertiary/aromatic N) is 2. The molecule has 0 aliphatic carbocycles. The van der Waals surface area contributed by atoms with Crippen molar-refractivity contribution in [3.05, 3.63) is 121 Å². The van der Waals surface area contributed by atoms with E-state index in [-0.39, 0.29) is 5.57 Å². The minimum absolute atomic E-state index is 0.135. The SMILES string of the molecule is O=C1NC(=O)C(=C/C=C/C=C2N(c3ccccc3)c3ccccc3N2c2ccccc2)C(=O)N1. The highest BCUT2D eigenvalue weighted by atomic mass is 16.2. The zero-order valence-electron chi connectivity index (χ0n) is 18.0. The molecule has 0 bridgehead atoms. The third-order valence-corrected chi connectivity index (χ3v) is 5.41. The maximum atomic E-state index is 12.0. The van der Waals surface area contributed by atoms with Crippen molar-refractivity contribution in [2.24, 2.45) is 0 Å². The fraction of sp³-hybridized carbons (Fsp3) is 0. The van der Waals surface area contributed by atoms with Crippen molar-refractivity contribution in [2.45, 2.75) is 0 Å². The van der Waals surface area contributed by atoms with E-state index in [2.05, 4.69) is 32.6 Å². The van der Waals surface area contributed by atoms with Crippen molar-refractivity contribution >= 4 is 40.6 Å². The number of hydrogen-bond donors (Lipinski definition) is 2. The molecule has 3 aromatic carbocycles. The van der Waals surface area contributed by atoms with Crippen LogP contribution in [0, 0.1) is 0 Å². The molecule has 2 N–H and O–H groups in total. The molecule has 0 atom stereocenters. The van der Waals surface area contributed by atoms with Crippen LogP contribution in [0.1, 0.15) is 0 Å². The van der Waals surface area contributed by atoms with Crippen LogP contribution in [0.5, 0.6) is 0 Å². The average molecular weight is 448 g/mol. The summed E-state index contributed by atoms with van der Waals surface area (Å²) in [5, 5.41) is 4.13. The fourth-order valence-electron chi connectivity index (χ4n) is 3.96. The lowest BCUT2D eigenvalue weighted by Gasteiger charge is -2.25. The Bertz CT molecular complexity index is 1270. The number of anilines is 4. The van der Waals surface area contributed by atoms with Gasteiger partial charge in [0.1, 0.15) is 11.4 Å². The molecular formula is C27H20N4O3. The van der Waals surface area contributed by atoms with E-state index in [0.29, 0.717) is 0 Å². The predicted octanol–water partition coefficient (Wildman–Crippen LogP) is 4.67. The molecule has 0 spiro atoms. The average Bonchev–Trinajstić information content (AvgIpc) is 3.18. The molecule has 7 nitrogen and oxygen atoms in total. The van der Waals surface area contributed by atoms with Crippen LogP contribution in [-0.4, -0.2) is 17.8 Å². The van der Waals surface area contributed by atoms with Crippen molar-refractivity contribution in [2.75, 3.05) is 9.80 Å². The Balaban J connectivity index is 1.58. The number of fused-ring (bicyclic) bond motifs is 1. The summed E-state index contributed by atoms with van der Waals surface area (Å²) in [5.74, 6) is -0.576. The fourth-order valence-corrected chi connectivity index (χ4v) is 3.96. The number of allylic oxidation sites excluding steroid dienone is 4. The first-order valence-electron chi connectivity index (χ1n) is 10.7. The van der Waals surface area contributed by atoms with Crippen LogP contribution in [0.2, 0.25) is 0 Å². The van der Waals surface area contributed by atoms with Gasteiger partial charge in [0.2, 0.25) is 0 Å². The molecule has 0 unspecified atom stereocenters. The Kier molecular flexibility index (Phi) is 5.50. The van der Waals surface area contributed by atoms with Gasteiger partial charge in [-0.25, -0.2) is 4.79 Å². The number of imide groups is 2. The third kappa shape index (κ3) is 3.86. The third-order valence-electron chi connectivity index (χ3n) is 5.41. The number of nitrogens with one attached hydrogen (secondary N) is 2. The summed E-state index contributed by atoms with van der Waals surface area (Å²) in [6, 6.07) is 27.4. The molecule has 7 heteroatoms. The second kappa shape index (κ2) is 8.91. The monoisotopic (exact) mass is 448 g/mol. The smallest absolute Gasteiger partial charge is 0.294 e. The van der Waals surface area contributed by atoms with E-state index in [9.17, 15) is 14.4 Å². The molecule has 34 heavy (non-hydrogen) atoms. The number of rotatable bonds is 4. The van der Waals surface area contributed by atoms with Gasteiger partial charge in [-0.3, -0.25) is 30.0 Å². The van der Waals surface area contributed by atoms with E-state index in [1.165, 1.54) is 6.08 Å². The number of carbonyl (C=O) groups excluding carboxylic acids is 3. The minimum atomic E-state index is -0.820. The largest absolute Gasteiger partial charge is 0.328 e. The van der Waals surface area contributed by atoms with E-state index in [4.69, 9.17) is 0 Å². The second-order valence-corrected chi connectivity index (χ2v) is 7.56. The Labute approximate surface area is 196 Å². The number of carbonyl (C=O) groups is 3. The number of barbiturate groups is 1. The second-order valence-electron chi connectivity index (χ2n) is 7.56. The van der Waals surface area contributed by atoms with E-state index in [0.717, 1.165) is 28.6 Å². The van der Waals surface area contributed by atoms with Crippen molar-refractivity contribution in [1.29, 1.82) is 0 Å². The topological polar surface area (TPSA) is 81.8 Å². The van der Waals surface area contributed by atoms with Crippen LogP contribution in [0.15, 0.2) is 121 Å². The van der Waals surface area contributed by atoms with Gasteiger partial charge in [0.15, 0.2) is 0 Å². The maximum absolute atomic E-state index is 12.0. The van der Waals surface area contributed by atoms with E-state index >= 15 is 0 Å². The molecule has 0 saturated carbocycles. The van der Waals surface area contributed by atoms with E-state index in [1.807, 2.05) is 78.9 Å². The summed E-state index contributed by atoms with van der Waals surface area (Å²) in [6.45, 7) is 0. The predicted molar refractivity (Wildman–Crippen MR) is 131 cm³/mol. The summed E-state index contributed by atoms with van der Waals surface area (Å²) < 4.78 is 0. The van der Waals surface area contributed by atoms with Crippen LogP contribution >= 0.6 is 0 Å². The van der Waals surface area contributed by atoms with Gasteiger partial charge in [0.05, 0.1) is 11.4 Å². The zero-order valence-corrected chi connectivity index (χ0v) is 18.0. The lowest BCUT2D eigenvalue weighted by Crippen LogP contribution is -2.51. The Morgan fingerprint density at radius 1 is 0.559 bits per heavy atom. The first-order valence-corrected chi connectivity index (χ1v) is 10.7. The highest BCUT2D eigenvalue weighted by Crippen LogP contribution is 2.49. The van der Waals surface area contributed by atoms with Crippen LogP contribution in [0.25, 0.3) is 0 Å². The highest BCUT2D eigenvalue weighted by molar-refractivity contribution is 6.29. The molecule has 1 fully saturated rings. The van der Waals surface area contributed by atoms with E-state index < -0.39 is 17.8 Å². The summed E-state index contributed by atoms with van der Waals surface area (Å²) in [5.41, 5.74) is 3.91. The van der Waals surface area contributed by atoms with Gasteiger partial charge in [-0.2, -0.15) is 0 Å². The highest BCUT2D eigenvalue weighted by Gasteiger charge is 2.32.